The molecule has 17 heavy (non-hydrogen) atoms. The Labute approximate surface area is 100.0 Å². The average Bonchev–Trinajstić information content (AvgIpc) is 3.00. The third kappa shape index (κ3) is 2.67. The Bertz CT molecular complexity index is 394. The van der Waals surface area contributed by atoms with Crippen LogP contribution >= 0.6 is 0 Å². The lowest BCUT2D eigenvalue weighted by Crippen LogP contribution is -2.39. The Balaban J connectivity index is 1.90. The minimum absolute atomic E-state index is 0.00454. The highest BCUT2D eigenvalue weighted by atomic mass is 16.3. The van der Waals surface area contributed by atoms with E-state index >= 15 is 0 Å². The summed E-state index contributed by atoms with van der Waals surface area (Å²) in [5.74, 6) is 0.00850. The maximum atomic E-state index is 11.8. The molecule has 0 N–H and O–H groups in total. The number of carbonyl (C=O) groups is 2. The third-order valence-corrected chi connectivity index (χ3v) is 2.91. The molecule has 1 aliphatic rings. The second kappa shape index (κ2) is 5.03. The summed E-state index contributed by atoms with van der Waals surface area (Å²) in [6.07, 6.45) is 3.56. The second-order valence-electron chi connectivity index (χ2n) is 4.23. The molecule has 5 nitrogen and oxygen atoms in total. The maximum Gasteiger partial charge on any atom is 0.289 e. The smallest absolute Gasteiger partial charge is 0.289 e. The van der Waals surface area contributed by atoms with Crippen molar-refractivity contribution in [1.82, 2.24) is 9.80 Å². The fraction of sp³-hybridized carbons (Fsp3) is 0.500. The first-order valence-corrected chi connectivity index (χ1v) is 5.75. The molecule has 0 unspecified atom stereocenters. The molecule has 1 aromatic heterocycles. The highest BCUT2D eigenvalue weighted by molar-refractivity contribution is 5.94. The molecule has 2 amide bonds. The van der Waals surface area contributed by atoms with Crippen molar-refractivity contribution in [3.05, 3.63) is 24.2 Å². The fourth-order valence-corrected chi connectivity index (χ4v) is 1.93. The number of carbonyl (C=O) groups excluding carboxylic acids is 2. The van der Waals surface area contributed by atoms with Crippen LogP contribution in [0.15, 0.2) is 22.8 Å². The van der Waals surface area contributed by atoms with Gasteiger partial charge in [0.15, 0.2) is 5.76 Å². The first kappa shape index (κ1) is 11.7. The van der Waals surface area contributed by atoms with E-state index in [1.807, 2.05) is 0 Å². The summed E-state index contributed by atoms with van der Waals surface area (Å²) < 4.78 is 5.01. The van der Waals surface area contributed by atoms with Gasteiger partial charge in [-0.25, -0.2) is 0 Å². The lowest BCUT2D eigenvalue weighted by Gasteiger charge is -2.20. The van der Waals surface area contributed by atoms with Gasteiger partial charge in [-0.2, -0.15) is 0 Å². The number of furan rings is 1. The van der Waals surface area contributed by atoms with E-state index < -0.39 is 0 Å². The molecule has 5 heteroatoms. The normalized spacial score (nSPS) is 15.0. The Kier molecular flexibility index (Phi) is 3.46. The van der Waals surface area contributed by atoms with Crippen molar-refractivity contribution in [3.8, 4) is 0 Å². The van der Waals surface area contributed by atoms with Gasteiger partial charge in [-0.15, -0.1) is 0 Å². The van der Waals surface area contributed by atoms with E-state index in [-0.39, 0.29) is 24.1 Å². The Morgan fingerprint density at radius 2 is 2.12 bits per heavy atom. The van der Waals surface area contributed by atoms with Gasteiger partial charge >= 0.3 is 0 Å². The monoisotopic (exact) mass is 236 g/mol. The number of hydrogen-bond acceptors (Lipinski definition) is 3. The van der Waals surface area contributed by atoms with Crippen molar-refractivity contribution in [2.75, 3.05) is 26.7 Å². The van der Waals surface area contributed by atoms with Gasteiger partial charge in [-0.1, -0.05) is 0 Å². The van der Waals surface area contributed by atoms with Crippen LogP contribution in [0.4, 0.5) is 0 Å². The summed E-state index contributed by atoms with van der Waals surface area (Å²) in [6, 6.07) is 3.25. The topological polar surface area (TPSA) is 53.8 Å². The lowest BCUT2D eigenvalue weighted by molar-refractivity contribution is -0.130. The number of likely N-dealkylation sites (tertiary alicyclic amines) is 1. The van der Waals surface area contributed by atoms with Crippen LogP contribution in [0, 0.1) is 0 Å². The zero-order chi connectivity index (χ0) is 12.3. The van der Waals surface area contributed by atoms with E-state index in [9.17, 15) is 9.59 Å². The van der Waals surface area contributed by atoms with Gasteiger partial charge in [0.25, 0.3) is 5.91 Å². The van der Waals surface area contributed by atoms with E-state index in [2.05, 4.69) is 0 Å². The van der Waals surface area contributed by atoms with Gasteiger partial charge in [0, 0.05) is 20.1 Å². The van der Waals surface area contributed by atoms with Gasteiger partial charge in [-0.3, -0.25) is 9.59 Å². The summed E-state index contributed by atoms with van der Waals surface area (Å²) in [4.78, 5) is 26.8. The first-order valence-electron chi connectivity index (χ1n) is 5.75. The molecular formula is C12H16N2O3. The molecule has 1 aliphatic heterocycles. The third-order valence-electron chi connectivity index (χ3n) is 2.91. The number of amides is 2. The van der Waals surface area contributed by atoms with Crippen molar-refractivity contribution in [2.24, 2.45) is 0 Å². The summed E-state index contributed by atoms with van der Waals surface area (Å²) in [5.41, 5.74) is 0. The highest BCUT2D eigenvalue weighted by Gasteiger charge is 2.22. The zero-order valence-corrected chi connectivity index (χ0v) is 9.89. The molecule has 0 atom stereocenters. The van der Waals surface area contributed by atoms with E-state index in [1.165, 1.54) is 11.2 Å². The van der Waals surface area contributed by atoms with Crippen LogP contribution < -0.4 is 0 Å². The largest absolute Gasteiger partial charge is 0.459 e. The van der Waals surface area contributed by atoms with Crippen molar-refractivity contribution in [1.29, 1.82) is 0 Å². The van der Waals surface area contributed by atoms with Crippen LogP contribution in [0.3, 0.4) is 0 Å². The number of nitrogens with zero attached hydrogens (tertiary/aromatic N) is 2. The molecule has 0 aromatic carbocycles. The predicted molar refractivity (Wildman–Crippen MR) is 61.5 cm³/mol. The Morgan fingerprint density at radius 3 is 2.71 bits per heavy atom. The van der Waals surface area contributed by atoms with Gasteiger partial charge in [0.05, 0.1) is 12.8 Å². The molecular weight excluding hydrogens is 220 g/mol. The Hall–Kier alpha value is -1.78. The van der Waals surface area contributed by atoms with E-state index in [1.54, 1.807) is 24.1 Å². The summed E-state index contributed by atoms with van der Waals surface area (Å²) >= 11 is 0. The predicted octanol–water partition coefficient (Wildman–Crippen LogP) is 0.974. The molecule has 0 spiro atoms. The van der Waals surface area contributed by atoms with Crippen molar-refractivity contribution >= 4 is 11.8 Å². The Morgan fingerprint density at radius 1 is 1.41 bits per heavy atom. The molecule has 92 valence electrons. The SMILES string of the molecule is CN(CC(=O)N1CCCC1)C(=O)c1ccco1. The van der Waals surface area contributed by atoms with Crippen LogP contribution in [-0.4, -0.2) is 48.3 Å². The lowest BCUT2D eigenvalue weighted by atomic mass is 10.3. The number of likely N-dealkylation sites (N-methyl/N-ethyl adjacent to an activating group) is 1. The summed E-state index contributed by atoms with van der Waals surface area (Å²) in [5, 5.41) is 0. The molecule has 0 aliphatic carbocycles. The van der Waals surface area contributed by atoms with Crippen molar-refractivity contribution in [3.63, 3.8) is 0 Å². The number of rotatable bonds is 3. The maximum absolute atomic E-state index is 11.8. The van der Waals surface area contributed by atoms with Crippen LogP contribution in [0.5, 0.6) is 0 Å². The number of hydrogen-bond donors (Lipinski definition) is 0. The molecule has 1 fully saturated rings. The van der Waals surface area contributed by atoms with Crippen LogP contribution in [0.2, 0.25) is 0 Å². The second-order valence-corrected chi connectivity index (χ2v) is 4.23. The van der Waals surface area contributed by atoms with Gasteiger partial charge in [0.2, 0.25) is 5.91 Å². The molecule has 0 bridgehead atoms. The highest BCUT2D eigenvalue weighted by Crippen LogP contribution is 2.09. The van der Waals surface area contributed by atoms with Crippen molar-refractivity contribution < 1.29 is 14.0 Å². The van der Waals surface area contributed by atoms with Crippen molar-refractivity contribution in [2.45, 2.75) is 12.8 Å². The molecule has 0 radical (unpaired) electrons. The molecule has 0 saturated carbocycles. The van der Waals surface area contributed by atoms with Crippen LogP contribution in [0.25, 0.3) is 0 Å². The first-order chi connectivity index (χ1) is 8.18. The van der Waals surface area contributed by atoms with E-state index in [4.69, 9.17) is 4.42 Å². The van der Waals surface area contributed by atoms with E-state index in [0.29, 0.717) is 0 Å². The van der Waals surface area contributed by atoms with Gasteiger partial charge < -0.3 is 14.2 Å². The van der Waals surface area contributed by atoms with Gasteiger partial charge in [0.1, 0.15) is 0 Å². The molecule has 2 heterocycles. The summed E-state index contributed by atoms with van der Waals surface area (Å²) in [7, 11) is 1.61. The molecule has 1 aromatic rings. The standard InChI is InChI=1S/C12H16N2O3/c1-13(12(16)10-5-4-8-17-10)9-11(15)14-6-2-3-7-14/h4-5,8H,2-3,6-7,9H2,1H3. The quantitative estimate of drug-likeness (QED) is 0.786. The van der Waals surface area contributed by atoms with Crippen LogP contribution in [-0.2, 0) is 4.79 Å². The van der Waals surface area contributed by atoms with E-state index in [0.717, 1.165) is 25.9 Å². The minimum Gasteiger partial charge on any atom is -0.459 e. The average molecular weight is 236 g/mol. The zero-order valence-electron chi connectivity index (χ0n) is 9.89. The minimum atomic E-state index is -0.262. The van der Waals surface area contributed by atoms with Gasteiger partial charge in [-0.05, 0) is 25.0 Å². The van der Waals surface area contributed by atoms with Crippen LogP contribution in [0.1, 0.15) is 23.4 Å². The summed E-state index contributed by atoms with van der Waals surface area (Å²) in [6.45, 7) is 1.72. The molecule has 1 saturated heterocycles. The molecule has 2 rings (SSSR count). The fourth-order valence-electron chi connectivity index (χ4n) is 1.93.